The van der Waals surface area contributed by atoms with Gasteiger partial charge in [0.2, 0.25) is 0 Å². The van der Waals surface area contributed by atoms with E-state index in [-0.39, 0.29) is 23.5 Å². The molecule has 0 unspecified atom stereocenters. The first-order valence-corrected chi connectivity index (χ1v) is 11.4. The second-order valence-electron chi connectivity index (χ2n) is 9.93. The van der Waals surface area contributed by atoms with E-state index in [2.05, 4.69) is 10.5 Å². The maximum Gasteiger partial charge on any atom is 0.356 e. The van der Waals surface area contributed by atoms with E-state index in [4.69, 9.17) is 9.47 Å². The van der Waals surface area contributed by atoms with E-state index in [9.17, 15) is 9.59 Å². The molecule has 0 aliphatic heterocycles. The van der Waals surface area contributed by atoms with Gasteiger partial charge >= 0.3 is 5.97 Å². The fourth-order valence-corrected chi connectivity index (χ4v) is 2.68. The average Bonchev–Trinajstić information content (AvgIpc) is 2.82. The largest absolute Gasteiger partial charge is 0.497 e. The normalized spacial score (nSPS) is 12.8. The van der Waals surface area contributed by atoms with Crippen molar-refractivity contribution in [2.45, 2.75) is 48.0 Å². The molecule has 0 radical (unpaired) electrons. The second kappa shape index (κ2) is 11.6. The number of ketones is 1. The van der Waals surface area contributed by atoms with Crippen molar-refractivity contribution in [3.63, 3.8) is 0 Å². The number of hydrogen-bond acceptors (Lipinski definition) is 6. The lowest BCUT2D eigenvalue weighted by atomic mass is 9.90. The minimum absolute atomic E-state index is 0.00577. The van der Waals surface area contributed by atoms with Crippen LogP contribution in [0.25, 0.3) is 0 Å². The zero-order chi connectivity index (χ0) is 25.4. The highest BCUT2D eigenvalue weighted by atomic mass is 16.5. The Hall–Kier alpha value is -3.41. The smallest absolute Gasteiger partial charge is 0.356 e. The molecule has 2 aromatic rings. The van der Waals surface area contributed by atoms with E-state index in [1.165, 1.54) is 6.08 Å². The van der Waals surface area contributed by atoms with Crippen LogP contribution >= 0.6 is 0 Å². The Bertz CT molecular complexity index is 1030. The highest BCUT2D eigenvalue weighted by Gasteiger charge is 2.24. The number of esters is 1. The maximum atomic E-state index is 12.9. The Kier molecular flexibility index (Phi) is 9.19. The minimum Gasteiger partial charge on any atom is -0.497 e. The maximum absolute atomic E-state index is 12.9. The summed E-state index contributed by atoms with van der Waals surface area (Å²) in [6.45, 7) is 11.7. The van der Waals surface area contributed by atoms with Gasteiger partial charge in [0.25, 0.3) is 0 Å². The zero-order valence-electron chi connectivity index (χ0n) is 21.3. The summed E-state index contributed by atoms with van der Waals surface area (Å²) in [4.78, 5) is 25.7. The van der Waals surface area contributed by atoms with Crippen LogP contribution in [0, 0.1) is 10.8 Å². The van der Waals surface area contributed by atoms with Gasteiger partial charge in [-0.1, -0.05) is 71.9 Å². The van der Waals surface area contributed by atoms with Gasteiger partial charge in [0.05, 0.1) is 19.4 Å². The van der Waals surface area contributed by atoms with Crippen molar-refractivity contribution < 1.29 is 19.1 Å². The number of ether oxygens (including phenoxy) is 2. The molecule has 0 atom stereocenters. The molecule has 182 valence electrons. The quantitative estimate of drug-likeness (QED) is 0.217. The monoisotopic (exact) mass is 464 g/mol. The van der Waals surface area contributed by atoms with E-state index in [0.717, 1.165) is 23.3 Å². The van der Waals surface area contributed by atoms with Crippen molar-refractivity contribution in [3.05, 3.63) is 77.5 Å². The molecule has 0 fully saturated rings. The predicted octanol–water partition coefficient (Wildman–Crippen LogP) is 5.52. The fraction of sp³-hybridized carbons (Fsp3) is 0.393. The Morgan fingerprint density at radius 1 is 0.941 bits per heavy atom. The van der Waals surface area contributed by atoms with Crippen LogP contribution in [0.4, 0.5) is 0 Å². The van der Waals surface area contributed by atoms with Crippen LogP contribution in [-0.4, -0.2) is 31.2 Å². The standard InChI is InChI=1S/C28H36N2O4/c1-8-28(5,6)19-34-26(32)23(18-24(31)27(2,3)4)29-30-25(20-12-10-9-11-13-20)21-14-16-22(33-7)17-15-21/h9-18,29H,8,19H2,1-7H3. The Morgan fingerprint density at radius 2 is 1.53 bits per heavy atom. The highest BCUT2D eigenvalue weighted by molar-refractivity contribution is 6.13. The number of hydrazone groups is 1. The molecule has 0 bridgehead atoms. The Balaban J connectivity index is 2.45. The highest BCUT2D eigenvalue weighted by Crippen LogP contribution is 2.21. The molecule has 0 amide bonds. The molecule has 0 heterocycles. The number of methoxy groups -OCH3 is 1. The third-order valence-electron chi connectivity index (χ3n) is 5.48. The third kappa shape index (κ3) is 7.87. The number of allylic oxidation sites excluding steroid dienone is 1. The molecule has 2 aromatic carbocycles. The molecule has 6 nitrogen and oxygen atoms in total. The molecule has 0 spiro atoms. The van der Waals surface area contributed by atoms with Crippen molar-refractivity contribution in [3.8, 4) is 5.75 Å². The first kappa shape index (κ1) is 26.8. The number of carbonyl (C=O) groups is 2. The van der Waals surface area contributed by atoms with Crippen molar-refractivity contribution in [1.29, 1.82) is 0 Å². The molecule has 0 aliphatic rings. The molecule has 2 rings (SSSR count). The Morgan fingerprint density at radius 3 is 2.06 bits per heavy atom. The summed E-state index contributed by atoms with van der Waals surface area (Å²) in [7, 11) is 1.61. The molecule has 0 saturated heterocycles. The summed E-state index contributed by atoms with van der Waals surface area (Å²) in [5, 5.41) is 4.55. The molecule has 1 N–H and O–H groups in total. The summed E-state index contributed by atoms with van der Waals surface area (Å²) < 4.78 is 10.8. The predicted molar refractivity (Wildman–Crippen MR) is 136 cm³/mol. The molecule has 0 saturated carbocycles. The lowest BCUT2D eigenvalue weighted by molar-refractivity contribution is -0.142. The lowest BCUT2D eigenvalue weighted by Gasteiger charge is -2.22. The molecule has 34 heavy (non-hydrogen) atoms. The number of hydrogen-bond donors (Lipinski definition) is 1. The van der Waals surface area contributed by atoms with E-state index < -0.39 is 11.4 Å². The van der Waals surface area contributed by atoms with Crippen molar-refractivity contribution in [2.24, 2.45) is 15.9 Å². The number of nitrogens with one attached hydrogen (secondary N) is 1. The van der Waals surface area contributed by atoms with E-state index in [1.54, 1.807) is 27.9 Å². The van der Waals surface area contributed by atoms with Crippen molar-refractivity contribution in [1.82, 2.24) is 5.43 Å². The van der Waals surface area contributed by atoms with Crippen LogP contribution in [0.5, 0.6) is 5.75 Å². The minimum atomic E-state index is -0.655. The van der Waals surface area contributed by atoms with Gasteiger partial charge in [0.1, 0.15) is 11.4 Å². The molecular formula is C28H36N2O4. The van der Waals surface area contributed by atoms with Crippen molar-refractivity contribution in [2.75, 3.05) is 13.7 Å². The fourth-order valence-electron chi connectivity index (χ4n) is 2.68. The van der Waals surface area contributed by atoms with Crippen LogP contribution in [0.2, 0.25) is 0 Å². The molecule has 6 heteroatoms. The second-order valence-corrected chi connectivity index (χ2v) is 9.93. The van der Waals surface area contributed by atoms with Crippen molar-refractivity contribution >= 4 is 17.5 Å². The van der Waals surface area contributed by atoms with Gasteiger partial charge in [0, 0.05) is 22.6 Å². The Labute approximate surface area is 203 Å². The summed E-state index contributed by atoms with van der Waals surface area (Å²) >= 11 is 0. The van der Waals surface area contributed by atoms with Gasteiger partial charge in [0.15, 0.2) is 5.78 Å². The van der Waals surface area contributed by atoms with Crippen LogP contribution in [0.1, 0.15) is 59.1 Å². The average molecular weight is 465 g/mol. The zero-order valence-corrected chi connectivity index (χ0v) is 21.3. The van der Waals surface area contributed by atoms with Crippen LogP contribution in [-0.2, 0) is 14.3 Å². The molecule has 0 aliphatic carbocycles. The van der Waals surface area contributed by atoms with Gasteiger partial charge in [-0.3, -0.25) is 10.2 Å². The summed E-state index contributed by atoms with van der Waals surface area (Å²) in [5.41, 5.74) is 4.27. The topological polar surface area (TPSA) is 77.0 Å². The van der Waals surface area contributed by atoms with E-state index >= 15 is 0 Å². The van der Waals surface area contributed by atoms with Crippen LogP contribution in [0.15, 0.2) is 71.5 Å². The van der Waals surface area contributed by atoms with E-state index in [0.29, 0.717) is 5.71 Å². The lowest BCUT2D eigenvalue weighted by Crippen LogP contribution is -2.28. The number of rotatable bonds is 10. The number of carbonyl (C=O) groups excluding carboxylic acids is 2. The third-order valence-corrected chi connectivity index (χ3v) is 5.48. The van der Waals surface area contributed by atoms with Crippen LogP contribution in [0.3, 0.4) is 0 Å². The van der Waals surface area contributed by atoms with Gasteiger partial charge in [-0.15, -0.1) is 0 Å². The SMILES string of the molecule is CCC(C)(C)COC(=O)C(=CC(=O)C(C)(C)C)NN=C(c1ccccc1)c1ccc(OC)cc1. The first-order valence-electron chi connectivity index (χ1n) is 11.4. The van der Waals surface area contributed by atoms with E-state index in [1.807, 2.05) is 75.4 Å². The summed E-state index contributed by atoms with van der Waals surface area (Å²) in [6, 6.07) is 17.1. The van der Waals surface area contributed by atoms with Gasteiger partial charge in [-0.05, 0) is 36.1 Å². The van der Waals surface area contributed by atoms with Gasteiger partial charge in [-0.25, -0.2) is 4.79 Å². The number of benzene rings is 2. The first-order chi connectivity index (χ1) is 16.0. The number of nitrogens with zero attached hydrogens (tertiary/aromatic N) is 1. The molecule has 0 aromatic heterocycles. The van der Waals surface area contributed by atoms with Crippen LogP contribution < -0.4 is 10.2 Å². The van der Waals surface area contributed by atoms with Gasteiger partial charge < -0.3 is 9.47 Å². The van der Waals surface area contributed by atoms with Gasteiger partial charge in [-0.2, -0.15) is 5.10 Å². The summed E-state index contributed by atoms with van der Waals surface area (Å²) in [6.07, 6.45) is 2.13. The molecular weight excluding hydrogens is 428 g/mol. The summed E-state index contributed by atoms with van der Waals surface area (Å²) in [5.74, 6) is -0.102.